The van der Waals surface area contributed by atoms with E-state index < -0.39 is 6.10 Å². The molecule has 1 aromatic heterocycles. The molecule has 2 N–H and O–H groups in total. The Morgan fingerprint density at radius 2 is 2.05 bits per heavy atom. The summed E-state index contributed by atoms with van der Waals surface area (Å²) in [6.45, 7) is 10.6. The lowest BCUT2D eigenvalue weighted by Crippen LogP contribution is -2.25. The van der Waals surface area contributed by atoms with Crippen LogP contribution in [-0.4, -0.2) is 33.8 Å². The quantitative estimate of drug-likeness (QED) is 0.828. The van der Waals surface area contributed by atoms with Gasteiger partial charge in [0.05, 0.1) is 12.2 Å². The van der Waals surface area contributed by atoms with Crippen LogP contribution < -0.4 is 10.1 Å². The first-order valence-electron chi connectivity index (χ1n) is 6.68. The molecular formula is C14H25N3O2. The molecule has 0 bridgehead atoms. The molecule has 5 heteroatoms. The normalized spacial score (nSPS) is 13.4. The molecule has 1 heterocycles. The number of hydrogen-bond donors (Lipinski definition) is 2. The molecule has 0 aliphatic heterocycles. The number of rotatable bonds is 6. The second-order valence-electron chi connectivity index (χ2n) is 6.18. The van der Waals surface area contributed by atoms with E-state index >= 15 is 0 Å². The van der Waals surface area contributed by atoms with Gasteiger partial charge < -0.3 is 15.2 Å². The van der Waals surface area contributed by atoms with Gasteiger partial charge in [-0.05, 0) is 25.7 Å². The number of aromatic nitrogens is 2. The molecule has 0 aliphatic carbocycles. The molecule has 5 nitrogen and oxygen atoms in total. The smallest absolute Gasteiger partial charge is 0.226 e. The summed E-state index contributed by atoms with van der Waals surface area (Å²) in [6.07, 6.45) is 2.03. The van der Waals surface area contributed by atoms with Gasteiger partial charge >= 0.3 is 0 Å². The molecule has 0 aromatic carbocycles. The molecule has 0 radical (unpaired) electrons. The third-order valence-corrected chi connectivity index (χ3v) is 2.33. The van der Waals surface area contributed by atoms with E-state index in [1.54, 1.807) is 12.3 Å². The van der Waals surface area contributed by atoms with Gasteiger partial charge in [0.15, 0.2) is 0 Å². The lowest BCUT2D eigenvalue weighted by molar-refractivity contribution is 0.132. The van der Waals surface area contributed by atoms with Gasteiger partial charge in [-0.25, -0.2) is 4.98 Å². The topological polar surface area (TPSA) is 67.3 Å². The minimum Gasteiger partial charge on any atom is -0.475 e. The Labute approximate surface area is 115 Å². The van der Waals surface area contributed by atoms with E-state index in [-0.39, 0.29) is 11.5 Å². The first kappa shape index (κ1) is 15.7. The summed E-state index contributed by atoms with van der Waals surface area (Å²) >= 11 is 0. The second-order valence-corrected chi connectivity index (χ2v) is 6.18. The van der Waals surface area contributed by atoms with Crippen LogP contribution in [0.4, 0.5) is 5.95 Å². The minimum atomic E-state index is -0.418. The summed E-state index contributed by atoms with van der Waals surface area (Å²) < 4.78 is 5.49. The summed E-state index contributed by atoms with van der Waals surface area (Å²) in [5, 5.41) is 12.9. The predicted octanol–water partition coefficient (Wildman–Crippen LogP) is 2.47. The third-order valence-electron chi connectivity index (χ3n) is 2.33. The van der Waals surface area contributed by atoms with E-state index in [4.69, 9.17) is 4.74 Å². The first-order chi connectivity index (χ1) is 8.76. The maximum absolute atomic E-state index is 9.91. The van der Waals surface area contributed by atoms with Crippen molar-refractivity contribution in [1.82, 2.24) is 9.97 Å². The number of aliphatic hydroxyl groups is 1. The Bertz CT molecular complexity index is 389. The molecule has 0 fully saturated rings. The Kier molecular flexibility index (Phi) is 5.54. The third kappa shape index (κ3) is 6.96. The van der Waals surface area contributed by atoms with Gasteiger partial charge in [-0.1, -0.05) is 20.8 Å². The predicted molar refractivity (Wildman–Crippen MR) is 76.4 cm³/mol. The van der Waals surface area contributed by atoms with Crippen molar-refractivity contribution in [2.75, 3.05) is 11.9 Å². The fourth-order valence-electron chi connectivity index (χ4n) is 1.72. The minimum absolute atomic E-state index is 0.0780. The summed E-state index contributed by atoms with van der Waals surface area (Å²) in [4.78, 5) is 8.33. The molecule has 108 valence electrons. The van der Waals surface area contributed by atoms with Gasteiger partial charge in [0, 0.05) is 18.8 Å². The van der Waals surface area contributed by atoms with Crippen molar-refractivity contribution in [1.29, 1.82) is 0 Å². The number of aliphatic hydroxyl groups excluding tert-OH is 1. The summed E-state index contributed by atoms with van der Waals surface area (Å²) in [5.74, 6) is 1.02. The van der Waals surface area contributed by atoms with E-state index in [0.29, 0.717) is 18.4 Å². The first-order valence-corrected chi connectivity index (χ1v) is 6.68. The van der Waals surface area contributed by atoms with Gasteiger partial charge in [0.25, 0.3) is 0 Å². The van der Waals surface area contributed by atoms with Crippen LogP contribution in [0, 0.1) is 5.41 Å². The van der Waals surface area contributed by atoms with Crippen molar-refractivity contribution in [2.24, 2.45) is 5.41 Å². The molecular weight excluding hydrogens is 242 g/mol. The number of hydrogen-bond acceptors (Lipinski definition) is 5. The molecule has 0 spiro atoms. The van der Waals surface area contributed by atoms with Crippen LogP contribution in [0.25, 0.3) is 0 Å². The Morgan fingerprint density at radius 1 is 1.37 bits per heavy atom. The van der Waals surface area contributed by atoms with Crippen molar-refractivity contribution in [2.45, 2.75) is 53.2 Å². The molecule has 0 saturated carbocycles. The average molecular weight is 267 g/mol. The van der Waals surface area contributed by atoms with E-state index in [2.05, 4.69) is 36.1 Å². The zero-order valence-corrected chi connectivity index (χ0v) is 12.5. The number of nitrogens with one attached hydrogen (secondary N) is 1. The molecule has 0 amide bonds. The van der Waals surface area contributed by atoms with Crippen LogP contribution in [0.3, 0.4) is 0 Å². The molecule has 1 unspecified atom stereocenters. The number of ether oxygens (including phenoxy) is 1. The van der Waals surface area contributed by atoms with Crippen LogP contribution in [0.5, 0.6) is 5.88 Å². The van der Waals surface area contributed by atoms with Crippen LogP contribution in [0.15, 0.2) is 12.3 Å². The van der Waals surface area contributed by atoms with Gasteiger partial charge in [-0.3, -0.25) is 0 Å². The Morgan fingerprint density at radius 3 is 2.63 bits per heavy atom. The lowest BCUT2D eigenvalue weighted by atomic mass is 9.89. The standard InChI is InChI=1S/C14H25N3O2/c1-10(2)19-12-6-7-15-13(17-12)16-9-11(18)8-14(3,4)5/h6-7,10-11,18H,8-9H2,1-5H3,(H,15,16,17). The molecule has 1 atom stereocenters. The highest BCUT2D eigenvalue weighted by Crippen LogP contribution is 2.20. The number of nitrogens with zero attached hydrogens (tertiary/aromatic N) is 2. The second kappa shape index (κ2) is 6.70. The molecule has 19 heavy (non-hydrogen) atoms. The molecule has 0 saturated heterocycles. The van der Waals surface area contributed by atoms with Gasteiger partial charge in [-0.2, -0.15) is 4.98 Å². The summed E-state index contributed by atoms with van der Waals surface area (Å²) in [7, 11) is 0. The zero-order valence-electron chi connectivity index (χ0n) is 12.5. The zero-order chi connectivity index (χ0) is 14.5. The van der Waals surface area contributed by atoms with Crippen molar-refractivity contribution >= 4 is 5.95 Å². The Balaban J connectivity index is 2.49. The highest BCUT2D eigenvalue weighted by molar-refractivity contribution is 5.27. The van der Waals surface area contributed by atoms with Crippen LogP contribution in [0.2, 0.25) is 0 Å². The van der Waals surface area contributed by atoms with Gasteiger partial charge in [-0.15, -0.1) is 0 Å². The highest BCUT2D eigenvalue weighted by atomic mass is 16.5. The SMILES string of the molecule is CC(C)Oc1ccnc(NCC(O)CC(C)(C)C)n1. The van der Waals surface area contributed by atoms with Crippen molar-refractivity contribution < 1.29 is 9.84 Å². The fraction of sp³-hybridized carbons (Fsp3) is 0.714. The van der Waals surface area contributed by atoms with E-state index in [0.717, 1.165) is 6.42 Å². The van der Waals surface area contributed by atoms with Gasteiger partial charge in [0.2, 0.25) is 11.8 Å². The monoisotopic (exact) mass is 267 g/mol. The average Bonchev–Trinajstić information content (AvgIpc) is 2.23. The fourth-order valence-corrected chi connectivity index (χ4v) is 1.72. The van der Waals surface area contributed by atoms with Crippen molar-refractivity contribution in [3.8, 4) is 5.88 Å². The van der Waals surface area contributed by atoms with Crippen molar-refractivity contribution in [3.05, 3.63) is 12.3 Å². The maximum Gasteiger partial charge on any atom is 0.226 e. The lowest BCUT2D eigenvalue weighted by Gasteiger charge is -2.22. The molecule has 1 aromatic rings. The summed E-state index contributed by atoms with van der Waals surface area (Å²) in [6, 6.07) is 1.72. The van der Waals surface area contributed by atoms with Crippen molar-refractivity contribution in [3.63, 3.8) is 0 Å². The largest absolute Gasteiger partial charge is 0.475 e. The maximum atomic E-state index is 9.91. The van der Waals surface area contributed by atoms with E-state index in [1.165, 1.54) is 0 Å². The van der Waals surface area contributed by atoms with Crippen LogP contribution >= 0.6 is 0 Å². The molecule has 1 rings (SSSR count). The Hall–Kier alpha value is -1.36. The van der Waals surface area contributed by atoms with Crippen LogP contribution in [0.1, 0.15) is 41.0 Å². The van der Waals surface area contributed by atoms with E-state index in [1.807, 2.05) is 13.8 Å². The highest BCUT2D eigenvalue weighted by Gasteiger charge is 2.16. The molecule has 0 aliphatic rings. The number of anilines is 1. The van der Waals surface area contributed by atoms with Gasteiger partial charge in [0.1, 0.15) is 0 Å². The van der Waals surface area contributed by atoms with Crippen LogP contribution in [-0.2, 0) is 0 Å². The van der Waals surface area contributed by atoms with E-state index in [9.17, 15) is 5.11 Å². The summed E-state index contributed by atoms with van der Waals surface area (Å²) in [5.41, 5.74) is 0.102.